The smallest absolute Gasteiger partial charge is 0.241 e. The van der Waals surface area contributed by atoms with Gasteiger partial charge in [-0.25, -0.2) is 13.1 Å². The van der Waals surface area contributed by atoms with Crippen LogP contribution in [0.15, 0.2) is 17.0 Å². The molecule has 1 saturated heterocycles. The van der Waals surface area contributed by atoms with Gasteiger partial charge in [0.2, 0.25) is 15.9 Å². The van der Waals surface area contributed by atoms with Gasteiger partial charge in [-0.2, -0.15) is 0 Å². The van der Waals surface area contributed by atoms with Gasteiger partial charge >= 0.3 is 0 Å². The van der Waals surface area contributed by atoms with Crippen molar-refractivity contribution >= 4 is 15.9 Å². The van der Waals surface area contributed by atoms with Crippen LogP contribution in [0.4, 0.5) is 0 Å². The highest BCUT2D eigenvalue weighted by atomic mass is 32.2. The number of hydrogen-bond acceptors (Lipinski definition) is 4. The van der Waals surface area contributed by atoms with Crippen LogP contribution in [0.5, 0.6) is 0 Å². The van der Waals surface area contributed by atoms with Gasteiger partial charge in [-0.3, -0.25) is 4.79 Å². The number of rotatable bonds is 4. The van der Waals surface area contributed by atoms with E-state index in [2.05, 4.69) is 9.62 Å². The number of amides is 1. The minimum absolute atomic E-state index is 0.177. The predicted octanol–water partition coefficient (Wildman–Crippen LogP) is 0.664. The maximum Gasteiger partial charge on any atom is 0.241 e. The maximum absolute atomic E-state index is 12.5. The summed E-state index contributed by atoms with van der Waals surface area (Å²) >= 11 is 0. The Morgan fingerprint density at radius 2 is 1.61 bits per heavy atom. The number of sulfonamides is 1. The topological polar surface area (TPSA) is 69.7 Å². The van der Waals surface area contributed by atoms with E-state index in [1.54, 1.807) is 18.7 Å². The Labute approximate surface area is 138 Å². The molecule has 2 rings (SSSR count). The van der Waals surface area contributed by atoms with Crippen molar-refractivity contribution < 1.29 is 13.2 Å². The lowest BCUT2D eigenvalue weighted by Crippen LogP contribution is -2.50. The zero-order valence-corrected chi connectivity index (χ0v) is 15.0. The van der Waals surface area contributed by atoms with E-state index in [1.165, 1.54) is 0 Å². The summed E-state index contributed by atoms with van der Waals surface area (Å²) < 4.78 is 27.5. The molecule has 0 radical (unpaired) electrons. The summed E-state index contributed by atoms with van der Waals surface area (Å²) in [6.07, 6.45) is 0. The van der Waals surface area contributed by atoms with E-state index in [0.29, 0.717) is 24.2 Å². The van der Waals surface area contributed by atoms with Gasteiger partial charge in [0.1, 0.15) is 0 Å². The van der Waals surface area contributed by atoms with E-state index in [4.69, 9.17) is 0 Å². The van der Waals surface area contributed by atoms with Crippen LogP contribution >= 0.6 is 0 Å². The first-order valence-electron chi connectivity index (χ1n) is 7.74. The van der Waals surface area contributed by atoms with Crippen molar-refractivity contribution in [3.05, 3.63) is 28.8 Å². The molecule has 1 aliphatic rings. The third-order valence-electron chi connectivity index (χ3n) is 4.14. The lowest BCUT2D eigenvalue weighted by atomic mass is 10.1. The fourth-order valence-corrected chi connectivity index (χ4v) is 4.41. The highest BCUT2D eigenvalue weighted by Gasteiger charge is 2.23. The number of benzene rings is 1. The molecule has 23 heavy (non-hydrogen) atoms. The fourth-order valence-electron chi connectivity index (χ4n) is 2.99. The molecule has 7 heteroatoms. The van der Waals surface area contributed by atoms with Gasteiger partial charge in [0.05, 0.1) is 11.4 Å². The highest BCUT2D eigenvalue weighted by molar-refractivity contribution is 7.89. The average Bonchev–Trinajstić information content (AvgIpc) is 2.44. The van der Waals surface area contributed by atoms with E-state index in [9.17, 15) is 13.2 Å². The largest absolute Gasteiger partial charge is 0.339 e. The normalized spacial score (nSPS) is 16.6. The van der Waals surface area contributed by atoms with Gasteiger partial charge in [0.15, 0.2) is 0 Å². The van der Waals surface area contributed by atoms with Crippen LogP contribution in [0.2, 0.25) is 0 Å². The van der Waals surface area contributed by atoms with E-state index in [1.807, 2.05) is 26.1 Å². The molecule has 128 valence electrons. The van der Waals surface area contributed by atoms with Crippen LogP contribution in [-0.4, -0.2) is 63.9 Å². The lowest BCUT2D eigenvalue weighted by molar-refractivity contribution is -0.131. The van der Waals surface area contributed by atoms with Gasteiger partial charge in [0.25, 0.3) is 0 Å². The van der Waals surface area contributed by atoms with Gasteiger partial charge in [-0.1, -0.05) is 17.7 Å². The number of aryl methyl sites for hydroxylation is 3. The molecule has 0 aromatic heterocycles. The Bertz CT molecular complexity index is 670. The Balaban J connectivity index is 2.06. The molecule has 1 amide bonds. The second-order valence-electron chi connectivity index (χ2n) is 6.24. The molecule has 0 bridgehead atoms. The minimum Gasteiger partial charge on any atom is -0.339 e. The van der Waals surface area contributed by atoms with Crippen LogP contribution in [0.25, 0.3) is 0 Å². The molecular weight excluding hydrogens is 314 g/mol. The number of carbonyl (C=O) groups is 1. The minimum atomic E-state index is -3.69. The van der Waals surface area contributed by atoms with Gasteiger partial charge in [0, 0.05) is 26.2 Å². The van der Waals surface area contributed by atoms with Crippen molar-refractivity contribution in [2.24, 2.45) is 0 Å². The predicted molar refractivity (Wildman–Crippen MR) is 89.9 cm³/mol. The molecule has 1 aromatic rings. The average molecular weight is 339 g/mol. The van der Waals surface area contributed by atoms with E-state index in [-0.39, 0.29) is 17.3 Å². The number of nitrogens with zero attached hydrogens (tertiary/aromatic N) is 2. The number of nitrogens with one attached hydrogen (secondary N) is 1. The highest BCUT2D eigenvalue weighted by Crippen LogP contribution is 2.21. The molecular formula is C16H25N3O3S. The summed E-state index contributed by atoms with van der Waals surface area (Å²) in [5.74, 6) is -0.177. The Morgan fingerprint density at radius 3 is 2.13 bits per heavy atom. The summed E-state index contributed by atoms with van der Waals surface area (Å²) in [7, 11) is -1.68. The van der Waals surface area contributed by atoms with Crippen molar-refractivity contribution in [2.45, 2.75) is 25.7 Å². The van der Waals surface area contributed by atoms with Crippen LogP contribution < -0.4 is 4.72 Å². The fraction of sp³-hybridized carbons (Fsp3) is 0.562. The van der Waals surface area contributed by atoms with Crippen molar-refractivity contribution in [1.29, 1.82) is 0 Å². The first-order chi connectivity index (χ1) is 10.7. The zero-order valence-electron chi connectivity index (χ0n) is 14.2. The van der Waals surface area contributed by atoms with Gasteiger partial charge in [-0.05, 0) is 38.9 Å². The number of piperazine rings is 1. The molecule has 0 spiro atoms. The summed E-state index contributed by atoms with van der Waals surface area (Å²) in [6, 6.07) is 3.67. The van der Waals surface area contributed by atoms with E-state index < -0.39 is 10.0 Å². The Hall–Kier alpha value is -1.44. The van der Waals surface area contributed by atoms with Crippen molar-refractivity contribution in [1.82, 2.24) is 14.5 Å². The van der Waals surface area contributed by atoms with E-state index >= 15 is 0 Å². The maximum atomic E-state index is 12.5. The quantitative estimate of drug-likeness (QED) is 0.875. The first-order valence-corrected chi connectivity index (χ1v) is 9.23. The lowest BCUT2D eigenvalue weighted by Gasteiger charge is -2.32. The van der Waals surface area contributed by atoms with Gasteiger partial charge < -0.3 is 9.80 Å². The van der Waals surface area contributed by atoms with Crippen molar-refractivity contribution in [3.63, 3.8) is 0 Å². The first kappa shape index (κ1) is 17.9. The molecule has 0 aliphatic carbocycles. The molecule has 0 unspecified atom stereocenters. The number of carbonyl (C=O) groups excluding carboxylic acids is 1. The molecule has 0 atom stereocenters. The molecule has 1 heterocycles. The molecule has 1 N–H and O–H groups in total. The van der Waals surface area contributed by atoms with Gasteiger partial charge in [-0.15, -0.1) is 0 Å². The third-order valence-corrected chi connectivity index (χ3v) is 5.85. The van der Waals surface area contributed by atoms with E-state index in [0.717, 1.165) is 18.7 Å². The van der Waals surface area contributed by atoms with Crippen LogP contribution in [-0.2, 0) is 14.8 Å². The Morgan fingerprint density at radius 1 is 1.09 bits per heavy atom. The summed E-state index contributed by atoms with van der Waals surface area (Å²) in [6.45, 7) is 8.19. The molecule has 1 aromatic carbocycles. The monoisotopic (exact) mass is 339 g/mol. The number of hydrogen-bond donors (Lipinski definition) is 1. The second kappa shape index (κ2) is 6.98. The summed E-state index contributed by atoms with van der Waals surface area (Å²) in [5.41, 5.74) is 2.41. The Kier molecular flexibility index (Phi) is 5.44. The van der Waals surface area contributed by atoms with Crippen LogP contribution in [0.1, 0.15) is 16.7 Å². The van der Waals surface area contributed by atoms with Crippen molar-refractivity contribution in [3.8, 4) is 0 Å². The van der Waals surface area contributed by atoms with Crippen LogP contribution in [0, 0.1) is 20.8 Å². The zero-order chi connectivity index (χ0) is 17.2. The third kappa shape index (κ3) is 4.31. The molecule has 1 fully saturated rings. The molecule has 6 nitrogen and oxygen atoms in total. The van der Waals surface area contributed by atoms with Crippen molar-refractivity contribution in [2.75, 3.05) is 39.8 Å². The molecule has 1 aliphatic heterocycles. The standard InChI is InChI=1S/C16H25N3O3S/c1-12-9-13(2)16(14(3)10-12)23(21,22)17-11-15(20)19-7-5-18(4)6-8-19/h9-10,17H,5-8,11H2,1-4H3. The molecule has 0 saturated carbocycles. The summed E-state index contributed by atoms with van der Waals surface area (Å²) in [4.78, 5) is 16.3. The second-order valence-corrected chi connectivity index (χ2v) is 7.94. The number of likely N-dealkylation sites (N-methyl/N-ethyl adjacent to an activating group) is 1. The summed E-state index contributed by atoms with van der Waals surface area (Å²) in [5, 5.41) is 0. The SMILES string of the molecule is Cc1cc(C)c(S(=O)(=O)NCC(=O)N2CCN(C)CC2)c(C)c1. The van der Waals surface area contributed by atoms with Crippen LogP contribution in [0.3, 0.4) is 0 Å².